The third-order valence-corrected chi connectivity index (χ3v) is 3.36. The van der Waals surface area contributed by atoms with Crippen molar-refractivity contribution in [2.75, 3.05) is 32.8 Å². The topological polar surface area (TPSA) is 24.5 Å². The zero-order chi connectivity index (χ0) is 9.80. The van der Waals surface area contributed by atoms with Gasteiger partial charge in [-0.25, -0.2) is 0 Å². The van der Waals surface area contributed by atoms with E-state index in [4.69, 9.17) is 4.74 Å². The highest BCUT2D eigenvalue weighted by molar-refractivity contribution is 4.81. The number of nitrogens with zero attached hydrogens (tertiary/aromatic N) is 1. The summed E-state index contributed by atoms with van der Waals surface area (Å²) >= 11 is 0. The molecule has 2 atom stereocenters. The zero-order valence-corrected chi connectivity index (χ0v) is 9.17. The van der Waals surface area contributed by atoms with Crippen LogP contribution in [-0.2, 0) is 4.74 Å². The summed E-state index contributed by atoms with van der Waals surface area (Å²) in [5.41, 5.74) is 0. The van der Waals surface area contributed by atoms with E-state index in [0.29, 0.717) is 12.1 Å². The number of ether oxygens (including phenoxy) is 1. The van der Waals surface area contributed by atoms with Gasteiger partial charge in [0, 0.05) is 19.1 Å². The minimum Gasteiger partial charge on any atom is -0.376 e. The van der Waals surface area contributed by atoms with Gasteiger partial charge in [-0.2, -0.15) is 0 Å². The van der Waals surface area contributed by atoms with Crippen LogP contribution in [0.4, 0.5) is 0 Å². The summed E-state index contributed by atoms with van der Waals surface area (Å²) in [5, 5.41) is 3.55. The van der Waals surface area contributed by atoms with Crippen LogP contribution < -0.4 is 5.32 Å². The highest BCUT2D eigenvalue weighted by Crippen LogP contribution is 2.12. The van der Waals surface area contributed by atoms with E-state index in [-0.39, 0.29) is 0 Å². The second-order valence-electron chi connectivity index (χ2n) is 4.50. The monoisotopic (exact) mass is 198 g/mol. The number of hydrogen-bond donors (Lipinski definition) is 1. The van der Waals surface area contributed by atoms with E-state index in [0.717, 1.165) is 13.2 Å². The fourth-order valence-corrected chi connectivity index (χ4v) is 2.40. The van der Waals surface area contributed by atoms with Gasteiger partial charge >= 0.3 is 0 Å². The lowest BCUT2D eigenvalue weighted by atomic mass is 10.1. The van der Waals surface area contributed by atoms with Crippen molar-refractivity contribution in [3.63, 3.8) is 0 Å². The lowest BCUT2D eigenvalue weighted by Crippen LogP contribution is -2.53. The summed E-state index contributed by atoms with van der Waals surface area (Å²) in [6.07, 6.45) is 4.55. The molecule has 1 N–H and O–H groups in total. The van der Waals surface area contributed by atoms with Gasteiger partial charge in [0.05, 0.1) is 12.7 Å². The Bertz CT molecular complexity index is 169. The Balaban J connectivity index is 1.76. The maximum Gasteiger partial charge on any atom is 0.0713 e. The molecule has 2 aliphatic rings. The number of rotatable bonds is 2. The Kier molecular flexibility index (Phi) is 3.79. The first kappa shape index (κ1) is 10.4. The van der Waals surface area contributed by atoms with Crippen molar-refractivity contribution in [2.45, 2.75) is 38.3 Å². The number of morpholine rings is 1. The summed E-state index contributed by atoms with van der Waals surface area (Å²) in [6.45, 7) is 7.80. The summed E-state index contributed by atoms with van der Waals surface area (Å²) in [5.74, 6) is 0. The molecule has 2 rings (SSSR count). The van der Waals surface area contributed by atoms with Crippen LogP contribution in [-0.4, -0.2) is 49.8 Å². The average molecular weight is 198 g/mol. The fraction of sp³-hybridized carbons (Fsp3) is 1.00. The molecular formula is C11H22N2O. The second kappa shape index (κ2) is 5.10. The lowest BCUT2D eigenvalue weighted by molar-refractivity contribution is -0.00365. The van der Waals surface area contributed by atoms with Gasteiger partial charge in [0.15, 0.2) is 0 Å². The van der Waals surface area contributed by atoms with E-state index in [1.54, 1.807) is 0 Å². The van der Waals surface area contributed by atoms with E-state index in [1.807, 2.05) is 0 Å². The smallest absolute Gasteiger partial charge is 0.0713 e. The normalized spacial score (nSPS) is 35.8. The standard InChI is InChI=1S/C11H22N2O/c1-10-11(12-5-8-14-10)9-13-6-3-2-4-7-13/h10-12H,2-9H2,1H3. The molecule has 0 aliphatic carbocycles. The first-order valence-corrected chi connectivity index (χ1v) is 5.93. The first-order valence-electron chi connectivity index (χ1n) is 5.93. The van der Waals surface area contributed by atoms with Crippen LogP contribution >= 0.6 is 0 Å². The SMILES string of the molecule is CC1OCCNC1CN1CCCCC1. The molecule has 2 unspecified atom stereocenters. The van der Waals surface area contributed by atoms with Gasteiger partial charge in [-0.15, -0.1) is 0 Å². The van der Waals surface area contributed by atoms with Gasteiger partial charge in [-0.1, -0.05) is 6.42 Å². The minimum atomic E-state index is 0.380. The quantitative estimate of drug-likeness (QED) is 0.712. The van der Waals surface area contributed by atoms with Crippen molar-refractivity contribution in [2.24, 2.45) is 0 Å². The maximum absolute atomic E-state index is 5.64. The van der Waals surface area contributed by atoms with E-state index in [2.05, 4.69) is 17.1 Å². The summed E-state index contributed by atoms with van der Waals surface area (Å²) in [7, 11) is 0. The van der Waals surface area contributed by atoms with Crippen LogP contribution in [0.2, 0.25) is 0 Å². The Labute approximate surface area is 86.8 Å². The van der Waals surface area contributed by atoms with Crippen molar-refractivity contribution < 1.29 is 4.74 Å². The van der Waals surface area contributed by atoms with Gasteiger partial charge < -0.3 is 15.0 Å². The van der Waals surface area contributed by atoms with Crippen molar-refractivity contribution >= 4 is 0 Å². The van der Waals surface area contributed by atoms with Crippen LogP contribution in [0.3, 0.4) is 0 Å². The molecule has 0 aromatic heterocycles. The molecule has 0 saturated carbocycles. The van der Waals surface area contributed by atoms with E-state index < -0.39 is 0 Å². The van der Waals surface area contributed by atoms with Crippen LogP contribution in [0, 0.1) is 0 Å². The highest BCUT2D eigenvalue weighted by Gasteiger charge is 2.24. The van der Waals surface area contributed by atoms with Crippen molar-refractivity contribution in [1.29, 1.82) is 0 Å². The lowest BCUT2D eigenvalue weighted by Gasteiger charge is -2.36. The van der Waals surface area contributed by atoms with Gasteiger partial charge in [0.25, 0.3) is 0 Å². The second-order valence-corrected chi connectivity index (χ2v) is 4.50. The third-order valence-electron chi connectivity index (χ3n) is 3.36. The van der Waals surface area contributed by atoms with Gasteiger partial charge in [-0.05, 0) is 32.9 Å². The highest BCUT2D eigenvalue weighted by atomic mass is 16.5. The summed E-state index contributed by atoms with van der Waals surface area (Å²) < 4.78 is 5.64. The number of piperidine rings is 1. The minimum absolute atomic E-state index is 0.380. The Morgan fingerprint density at radius 3 is 2.79 bits per heavy atom. The third kappa shape index (κ3) is 2.69. The molecule has 3 heteroatoms. The zero-order valence-electron chi connectivity index (χ0n) is 9.17. The van der Waals surface area contributed by atoms with Gasteiger partial charge in [-0.3, -0.25) is 0 Å². The number of likely N-dealkylation sites (tertiary alicyclic amines) is 1. The predicted molar refractivity (Wildman–Crippen MR) is 57.5 cm³/mol. The molecule has 0 aromatic carbocycles. The van der Waals surface area contributed by atoms with E-state index in [9.17, 15) is 0 Å². The molecule has 0 amide bonds. The first-order chi connectivity index (χ1) is 6.86. The molecule has 0 spiro atoms. The molecule has 2 fully saturated rings. The predicted octanol–water partition coefficient (Wildman–Crippen LogP) is 0.849. The Morgan fingerprint density at radius 1 is 1.29 bits per heavy atom. The van der Waals surface area contributed by atoms with Gasteiger partial charge in [0.2, 0.25) is 0 Å². The molecule has 2 aliphatic heterocycles. The van der Waals surface area contributed by atoms with Crippen molar-refractivity contribution in [3.8, 4) is 0 Å². The largest absolute Gasteiger partial charge is 0.376 e. The van der Waals surface area contributed by atoms with E-state index in [1.165, 1.54) is 38.9 Å². The number of nitrogens with one attached hydrogen (secondary N) is 1. The van der Waals surface area contributed by atoms with Gasteiger partial charge in [0.1, 0.15) is 0 Å². The van der Waals surface area contributed by atoms with Crippen LogP contribution in [0.1, 0.15) is 26.2 Å². The molecule has 14 heavy (non-hydrogen) atoms. The fourth-order valence-electron chi connectivity index (χ4n) is 2.40. The van der Waals surface area contributed by atoms with Crippen LogP contribution in [0.5, 0.6) is 0 Å². The Morgan fingerprint density at radius 2 is 2.07 bits per heavy atom. The van der Waals surface area contributed by atoms with Crippen LogP contribution in [0.25, 0.3) is 0 Å². The average Bonchev–Trinajstić information content (AvgIpc) is 2.23. The van der Waals surface area contributed by atoms with Crippen molar-refractivity contribution in [1.82, 2.24) is 10.2 Å². The maximum atomic E-state index is 5.64. The number of hydrogen-bond acceptors (Lipinski definition) is 3. The molecule has 82 valence electrons. The molecule has 0 aromatic rings. The molecule has 2 saturated heterocycles. The van der Waals surface area contributed by atoms with E-state index >= 15 is 0 Å². The molecular weight excluding hydrogens is 176 g/mol. The molecule has 0 bridgehead atoms. The van der Waals surface area contributed by atoms with Crippen molar-refractivity contribution in [3.05, 3.63) is 0 Å². The Hall–Kier alpha value is -0.120. The molecule has 0 radical (unpaired) electrons. The molecule has 3 nitrogen and oxygen atoms in total. The summed E-state index contributed by atoms with van der Waals surface area (Å²) in [6, 6.07) is 0.543. The molecule has 2 heterocycles. The summed E-state index contributed by atoms with van der Waals surface area (Å²) in [4.78, 5) is 2.58. The van der Waals surface area contributed by atoms with Crippen LogP contribution in [0.15, 0.2) is 0 Å².